The van der Waals surface area contributed by atoms with Crippen molar-refractivity contribution in [2.45, 2.75) is 32.4 Å². The molecule has 2 aromatic heterocycles. The van der Waals surface area contributed by atoms with Gasteiger partial charge in [-0.05, 0) is 25.5 Å². The maximum absolute atomic E-state index is 15.5. The number of halogens is 1. The molecular weight excluding hydrogens is 437 g/mol. The molecule has 1 fully saturated rings. The standard InChI is InChI=1S/C24H28FN7O2/c1-15-12-31(8-9-32(15)24(34)17-11-27-29(2)13-17)14-16-10-26-28-23(16)19-4-6-20-18(22(19)25)5-7-21(33)30(20)3/h4,6,10-11,13,15H,5,7-9,12,14H2,1-3H3,(H,26,28)/t15-/m1/s1. The summed E-state index contributed by atoms with van der Waals surface area (Å²) in [4.78, 5) is 30.5. The number of H-pyrrole nitrogens is 1. The van der Waals surface area contributed by atoms with Crippen LogP contribution in [-0.4, -0.2) is 74.3 Å². The van der Waals surface area contributed by atoms with E-state index in [1.165, 1.54) is 4.90 Å². The van der Waals surface area contributed by atoms with E-state index in [-0.39, 0.29) is 23.7 Å². The van der Waals surface area contributed by atoms with Crippen LogP contribution in [0, 0.1) is 5.82 Å². The Kier molecular flexibility index (Phi) is 5.68. The van der Waals surface area contributed by atoms with Gasteiger partial charge in [-0.3, -0.25) is 24.3 Å². The zero-order valence-corrected chi connectivity index (χ0v) is 19.6. The van der Waals surface area contributed by atoms with E-state index in [1.807, 2.05) is 18.0 Å². The van der Waals surface area contributed by atoms with Crippen molar-refractivity contribution in [2.24, 2.45) is 7.05 Å². The molecule has 2 aliphatic heterocycles. The molecule has 34 heavy (non-hydrogen) atoms. The second-order valence-electron chi connectivity index (χ2n) is 9.12. The Morgan fingerprint density at radius 2 is 2.06 bits per heavy atom. The van der Waals surface area contributed by atoms with Crippen molar-refractivity contribution in [3.8, 4) is 11.3 Å². The lowest BCUT2D eigenvalue weighted by Crippen LogP contribution is -2.53. The van der Waals surface area contributed by atoms with Crippen LogP contribution in [0.25, 0.3) is 11.3 Å². The van der Waals surface area contributed by atoms with E-state index in [4.69, 9.17) is 0 Å². The molecular formula is C24H28FN7O2. The van der Waals surface area contributed by atoms with Crippen LogP contribution in [0.1, 0.15) is 34.8 Å². The maximum atomic E-state index is 15.5. The molecule has 178 valence electrons. The monoisotopic (exact) mass is 465 g/mol. The van der Waals surface area contributed by atoms with Crippen molar-refractivity contribution >= 4 is 17.5 Å². The first-order valence-corrected chi connectivity index (χ1v) is 11.5. The molecule has 2 amide bonds. The van der Waals surface area contributed by atoms with Crippen LogP contribution in [0.5, 0.6) is 0 Å². The highest BCUT2D eigenvalue weighted by atomic mass is 19.1. The van der Waals surface area contributed by atoms with Crippen LogP contribution in [0.4, 0.5) is 10.1 Å². The first-order chi connectivity index (χ1) is 16.3. The third-order valence-electron chi connectivity index (χ3n) is 6.84. The average molecular weight is 466 g/mol. The summed E-state index contributed by atoms with van der Waals surface area (Å²) >= 11 is 0. The third-order valence-corrected chi connectivity index (χ3v) is 6.84. The second kappa shape index (κ2) is 8.68. The van der Waals surface area contributed by atoms with Crippen molar-refractivity contribution in [2.75, 3.05) is 31.6 Å². The van der Waals surface area contributed by atoms with Gasteiger partial charge in [-0.2, -0.15) is 10.2 Å². The minimum atomic E-state index is -0.314. The Morgan fingerprint density at radius 1 is 1.24 bits per heavy atom. The molecule has 0 unspecified atom stereocenters. The van der Waals surface area contributed by atoms with E-state index in [0.717, 1.165) is 5.56 Å². The fourth-order valence-corrected chi connectivity index (χ4v) is 4.97. The number of hydrogen-bond acceptors (Lipinski definition) is 5. The van der Waals surface area contributed by atoms with Gasteiger partial charge in [0.25, 0.3) is 5.91 Å². The predicted octanol–water partition coefficient (Wildman–Crippen LogP) is 2.20. The summed E-state index contributed by atoms with van der Waals surface area (Å²) in [6, 6.07) is 3.54. The molecule has 1 atom stereocenters. The first-order valence-electron chi connectivity index (χ1n) is 11.5. The molecule has 1 N–H and O–H groups in total. The molecule has 4 heterocycles. The number of benzene rings is 1. The Balaban J connectivity index is 1.32. The quantitative estimate of drug-likeness (QED) is 0.638. The number of aromatic amines is 1. The highest BCUT2D eigenvalue weighted by Crippen LogP contribution is 2.35. The van der Waals surface area contributed by atoms with Crippen molar-refractivity contribution in [3.63, 3.8) is 0 Å². The molecule has 2 aliphatic rings. The average Bonchev–Trinajstić information content (AvgIpc) is 3.45. The van der Waals surface area contributed by atoms with E-state index in [1.54, 1.807) is 43.3 Å². The molecule has 5 rings (SSSR count). The first kappa shape index (κ1) is 22.3. The lowest BCUT2D eigenvalue weighted by Gasteiger charge is -2.39. The molecule has 0 bridgehead atoms. The highest BCUT2D eigenvalue weighted by molar-refractivity contribution is 5.96. The van der Waals surface area contributed by atoms with Gasteiger partial charge >= 0.3 is 0 Å². The highest BCUT2D eigenvalue weighted by Gasteiger charge is 2.30. The number of rotatable bonds is 4. The van der Waals surface area contributed by atoms with Gasteiger partial charge < -0.3 is 9.80 Å². The number of anilines is 1. The van der Waals surface area contributed by atoms with Gasteiger partial charge in [0.05, 0.1) is 17.5 Å². The number of nitrogens with zero attached hydrogens (tertiary/aromatic N) is 6. The van der Waals surface area contributed by atoms with Crippen molar-refractivity contribution in [3.05, 3.63) is 53.2 Å². The van der Waals surface area contributed by atoms with E-state index < -0.39 is 0 Å². The normalized spacial score (nSPS) is 18.9. The Hall–Kier alpha value is -3.53. The fourth-order valence-electron chi connectivity index (χ4n) is 4.97. The largest absolute Gasteiger partial charge is 0.333 e. The topological polar surface area (TPSA) is 90.4 Å². The lowest BCUT2D eigenvalue weighted by atomic mass is 9.96. The molecule has 3 aromatic rings. The van der Waals surface area contributed by atoms with Gasteiger partial charge in [-0.15, -0.1) is 0 Å². The summed E-state index contributed by atoms with van der Waals surface area (Å²) in [5.74, 6) is -0.329. The van der Waals surface area contributed by atoms with Crippen LogP contribution < -0.4 is 4.90 Å². The van der Waals surface area contributed by atoms with Crippen LogP contribution in [-0.2, 0) is 24.8 Å². The van der Waals surface area contributed by atoms with Gasteiger partial charge in [-0.1, -0.05) is 0 Å². The molecule has 1 saturated heterocycles. The fraction of sp³-hybridized carbons (Fsp3) is 0.417. The van der Waals surface area contributed by atoms with Gasteiger partial charge in [0.15, 0.2) is 0 Å². The third kappa shape index (κ3) is 3.87. The number of aromatic nitrogens is 4. The van der Waals surface area contributed by atoms with Crippen molar-refractivity contribution < 1.29 is 14.0 Å². The molecule has 10 heteroatoms. The second-order valence-corrected chi connectivity index (χ2v) is 9.12. The van der Waals surface area contributed by atoms with Crippen molar-refractivity contribution in [1.82, 2.24) is 29.8 Å². The molecule has 0 radical (unpaired) electrons. The molecule has 0 spiro atoms. The number of hydrogen-bond donors (Lipinski definition) is 1. The van der Waals surface area contributed by atoms with E-state index >= 15 is 4.39 Å². The van der Waals surface area contributed by atoms with Gasteiger partial charge in [0.1, 0.15) is 5.82 Å². The lowest BCUT2D eigenvalue weighted by molar-refractivity contribution is -0.118. The number of amides is 2. The van der Waals surface area contributed by atoms with Gasteiger partial charge in [0.2, 0.25) is 5.91 Å². The van der Waals surface area contributed by atoms with Crippen molar-refractivity contribution in [1.29, 1.82) is 0 Å². The van der Waals surface area contributed by atoms with Crippen LogP contribution >= 0.6 is 0 Å². The molecule has 0 aliphatic carbocycles. The van der Waals surface area contributed by atoms with Gasteiger partial charge in [0, 0.05) is 87.5 Å². The minimum absolute atomic E-state index is 0.00428. The summed E-state index contributed by atoms with van der Waals surface area (Å²) in [7, 11) is 3.48. The number of piperazine rings is 1. The number of aryl methyl sites for hydroxylation is 1. The summed E-state index contributed by atoms with van der Waals surface area (Å²) in [5, 5.41) is 11.3. The van der Waals surface area contributed by atoms with Gasteiger partial charge in [-0.25, -0.2) is 4.39 Å². The number of fused-ring (bicyclic) bond motifs is 1. The number of carbonyl (C=O) groups excluding carboxylic acids is 2. The smallest absolute Gasteiger partial charge is 0.257 e. The molecule has 9 nitrogen and oxygen atoms in total. The van der Waals surface area contributed by atoms with Crippen LogP contribution in [0.2, 0.25) is 0 Å². The summed E-state index contributed by atoms with van der Waals surface area (Å²) in [6.07, 6.45) is 5.83. The number of nitrogens with one attached hydrogen (secondary N) is 1. The summed E-state index contributed by atoms with van der Waals surface area (Å²) < 4.78 is 17.1. The zero-order valence-electron chi connectivity index (χ0n) is 19.6. The summed E-state index contributed by atoms with van der Waals surface area (Å²) in [5.41, 5.74) is 3.70. The maximum Gasteiger partial charge on any atom is 0.257 e. The predicted molar refractivity (Wildman–Crippen MR) is 125 cm³/mol. The number of carbonyl (C=O) groups is 2. The Labute approximate surface area is 197 Å². The van der Waals surface area contributed by atoms with E-state index in [9.17, 15) is 9.59 Å². The Morgan fingerprint density at radius 3 is 2.79 bits per heavy atom. The van der Waals surface area contributed by atoms with E-state index in [0.29, 0.717) is 67.1 Å². The minimum Gasteiger partial charge on any atom is -0.333 e. The Bertz CT molecular complexity index is 1250. The SMILES string of the molecule is C[C@@H]1CN(Cc2c[nH]nc2-c2ccc3c(c2F)CCC(=O)N3C)CCN1C(=O)c1cnn(C)c1. The zero-order chi connectivity index (χ0) is 24.0. The molecule has 1 aromatic carbocycles. The summed E-state index contributed by atoms with van der Waals surface area (Å²) in [6.45, 7) is 4.66. The van der Waals surface area contributed by atoms with E-state index in [2.05, 4.69) is 20.2 Å². The van der Waals surface area contributed by atoms with Crippen LogP contribution in [0.15, 0.2) is 30.7 Å². The molecule has 0 saturated carbocycles. The van der Waals surface area contributed by atoms with Crippen LogP contribution in [0.3, 0.4) is 0 Å².